The zero-order valence-electron chi connectivity index (χ0n) is 18.9. The number of nitrogens with zero attached hydrogens (tertiary/aromatic N) is 1. The second-order valence-electron chi connectivity index (χ2n) is 7.53. The summed E-state index contributed by atoms with van der Waals surface area (Å²) in [6.45, 7) is 5.06. The number of ketones is 1. The van der Waals surface area contributed by atoms with E-state index in [1.807, 2.05) is 26.0 Å². The lowest BCUT2D eigenvalue weighted by molar-refractivity contribution is -0.140. The van der Waals surface area contributed by atoms with Gasteiger partial charge in [0.05, 0.1) is 25.3 Å². The fourth-order valence-corrected chi connectivity index (χ4v) is 3.93. The van der Waals surface area contributed by atoms with Crippen molar-refractivity contribution in [3.63, 3.8) is 0 Å². The average molecular weight is 440 g/mol. The zero-order chi connectivity index (χ0) is 23.3. The summed E-state index contributed by atoms with van der Waals surface area (Å²) in [5, 5.41) is 11.1. The Morgan fingerprint density at radius 2 is 1.81 bits per heavy atom. The maximum absolute atomic E-state index is 13.0. The van der Waals surface area contributed by atoms with Crippen LogP contribution >= 0.6 is 0 Å². The number of hydrogen-bond donors (Lipinski definition) is 1. The van der Waals surface area contributed by atoms with Crippen molar-refractivity contribution in [2.24, 2.45) is 0 Å². The number of aliphatic hydroxyl groups excluding tert-OH is 1. The summed E-state index contributed by atoms with van der Waals surface area (Å²) < 4.78 is 15.9. The summed E-state index contributed by atoms with van der Waals surface area (Å²) in [6, 6.07) is 11.7. The molecule has 0 aliphatic carbocycles. The average Bonchev–Trinajstić information content (AvgIpc) is 3.04. The van der Waals surface area contributed by atoms with E-state index in [0.29, 0.717) is 43.2 Å². The Morgan fingerprint density at radius 1 is 1.09 bits per heavy atom. The van der Waals surface area contributed by atoms with Gasteiger partial charge in [0.2, 0.25) is 0 Å². The molecule has 0 aromatic heterocycles. The number of ether oxygens (including phenoxy) is 3. The van der Waals surface area contributed by atoms with Crippen LogP contribution in [0, 0.1) is 6.92 Å². The molecule has 0 unspecified atom stereocenters. The minimum Gasteiger partial charge on any atom is -0.507 e. The Bertz CT molecular complexity index is 1010. The molecule has 7 heteroatoms. The molecule has 1 saturated heterocycles. The highest BCUT2D eigenvalue weighted by molar-refractivity contribution is 6.46. The molecule has 1 amide bonds. The maximum atomic E-state index is 13.0. The van der Waals surface area contributed by atoms with Gasteiger partial charge in [-0.15, -0.1) is 0 Å². The minimum absolute atomic E-state index is 0.0705. The number of carbonyl (C=O) groups excluding carboxylic acids is 2. The van der Waals surface area contributed by atoms with Crippen LogP contribution in [0.5, 0.6) is 11.5 Å². The third kappa shape index (κ3) is 4.62. The lowest BCUT2D eigenvalue weighted by Crippen LogP contribution is -2.31. The summed E-state index contributed by atoms with van der Waals surface area (Å²) in [7, 11) is 3.16. The Hall–Kier alpha value is -3.32. The standard InChI is InChI=1S/C25H29NO6/c1-5-32-19-10-7-17(8-11-19)22-21(24(28)25(29)26(22)13-6-14-30-3)23(27)18-9-12-20(31-4)16(2)15-18/h7-12,15,22,27H,5-6,13-14H2,1-4H3/b23-21+/t22-/m1/s1. The molecule has 1 fully saturated rings. The number of Topliss-reactive ketones (excluding diaryl/α,β-unsaturated/α-hetero) is 1. The van der Waals surface area contributed by atoms with Crippen LogP contribution in [0.25, 0.3) is 5.76 Å². The zero-order valence-corrected chi connectivity index (χ0v) is 18.9. The molecule has 170 valence electrons. The van der Waals surface area contributed by atoms with Gasteiger partial charge in [0.25, 0.3) is 11.7 Å². The number of amides is 1. The van der Waals surface area contributed by atoms with Gasteiger partial charge in [-0.25, -0.2) is 0 Å². The van der Waals surface area contributed by atoms with Crippen LogP contribution in [0.1, 0.15) is 36.1 Å². The van der Waals surface area contributed by atoms with Gasteiger partial charge in [0, 0.05) is 25.8 Å². The van der Waals surface area contributed by atoms with E-state index >= 15 is 0 Å². The number of rotatable bonds is 9. The van der Waals surface area contributed by atoms with E-state index in [-0.39, 0.29) is 11.3 Å². The SMILES string of the molecule is CCOc1ccc([C@@H]2/C(=C(\O)c3ccc(OC)c(C)c3)C(=O)C(=O)N2CCCOC)cc1. The molecule has 0 spiro atoms. The highest BCUT2D eigenvalue weighted by Crippen LogP contribution is 2.40. The normalized spacial score (nSPS) is 17.6. The van der Waals surface area contributed by atoms with Crippen molar-refractivity contribution in [1.82, 2.24) is 4.90 Å². The van der Waals surface area contributed by atoms with E-state index in [4.69, 9.17) is 14.2 Å². The first-order valence-electron chi connectivity index (χ1n) is 10.6. The number of aryl methyl sites for hydroxylation is 1. The van der Waals surface area contributed by atoms with Gasteiger partial charge < -0.3 is 24.2 Å². The highest BCUT2D eigenvalue weighted by Gasteiger charge is 2.45. The molecule has 1 heterocycles. The summed E-state index contributed by atoms with van der Waals surface area (Å²) in [5.74, 6) is -0.177. The lowest BCUT2D eigenvalue weighted by Gasteiger charge is -2.25. The largest absolute Gasteiger partial charge is 0.507 e. The molecule has 32 heavy (non-hydrogen) atoms. The molecule has 0 radical (unpaired) electrons. The third-order valence-corrected chi connectivity index (χ3v) is 5.46. The van der Waals surface area contributed by atoms with Gasteiger partial charge >= 0.3 is 0 Å². The van der Waals surface area contributed by atoms with Gasteiger partial charge in [-0.3, -0.25) is 9.59 Å². The molecular formula is C25H29NO6. The Labute approximate surface area is 188 Å². The first-order valence-corrected chi connectivity index (χ1v) is 10.6. The first kappa shape index (κ1) is 23.3. The molecule has 2 aromatic carbocycles. The van der Waals surface area contributed by atoms with E-state index in [1.54, 1.807) is 44.6 Å². The predicted molar refractivity (Wildman–Crippen MR) is 121 cm³/mol. The van der Waals surface area contributed by atoms with Crippen molar-refractivity contribution in [3.8, 4) is 11.5 Å². The fourth-order valence-electron chi connectivity index (χ4n) is 3.93. The molecular weight excluding hydrogens is 410 g/mol. The van der Waals surface area contributed by atoms with E-state index in [0.717, 1.165) is 11.1 Å². The number of benzene rings is 2. The lowest BCUT2D eigenvalue weighted by atomic mass is 9.94. The Balaban J connectivity index is 2.10. The van der Waals surface area contributed by atoms with Crippen molar-refractivity contribution in [2.75, 3.05) is 34.0 Å². The van der Waals surface area contributed by atoms with E-state index in [1.165, 1.54) is 4.90 Å². The van der Waals surface area contributed by atoms with Crippen molar-refractivity contribution in [1.29, 1.82) is 0 Å². The smallest absolute Gasteiger partial charge is 0.295 e. The Kier molecular flexibility index (Phi) is 7.53. The predicted octanol–water partition coefficient (Wildman–Crippen LogP) is 3.86. The van der Waals surface area contributed by atoms with Crippen molar-refractivity contribution < 1.29 is 28.9 Å². The molecule has 1 aliphatic rings. The van der Waals surface area contributed by atoms with Gasteiger partial charge in [-0.05, 0) is 61.7 Å². The molecule has 0 saturated carbocycles. The van der Waals surface area contributed by atoms with E-state index in [9.17, 15) is 14.7 Å². The van der Waals surface area contributed by atoms with Gasteiger partial charge in [0.15, 0.2) is 0 Å². The monoisotopic (exact) mass is 439 g/mol. The Morgan fingerprint density at radius 3 is 2.41 bits per heavy atom. The van der Waals surface area contributed by atoms with Crippen molar-refractivity contribution in [2.45, 2.75) is 26.3 Å². The highest BCUT2D eigenvalue weighted by atomic mass is 16.5. The molecule has 1 N–H and O–H groups in total. The van der Waals surface area contributed by atoms with Gasteiger partial charge in [-0.1, -0.05) is 12.1 Å². The summed E-state index contributed by atoms with van der Waals surface area (Å²) >= 11 is 0. The fraction of sp³-hybridized carbons (Fsp3) is 0.360. The van der Waals surface area contributed by atoms with Crippen LogP contribution in [0.2, 0.25) is 0 Å². The molecule has 3 rings (SSSR count). The van der Waals surface area contributed by atoms with Crippen LogP contribution in [0.4, 0.5) is 0 Å². The number of methoxy groups -OCH3 is 2. The van der Waals surface area contributed by atoms with Crippen LogP contribution in [0.15, 0.2) is 48.0 Å². The quantitative estimate of drug-likeness (QED) is 0.276. The van der Waals surface area contributed by atoms with Crippen LogP contribution in [-0.4, -0.2) is 55.7 Å². The number of hydrogen-bond acceptors (Lipinski definition) is 6. The maximum Gasteiger partial charge on any atom is 0.295 e. The molecule has 2 aromatic rings. The van der Waals surface area contributed by atoms with Crippen LogP contribution < -0.4 is 9.47 Å². The molecule has 1 atom stereocenters. The van der Waals surface area contributed by atoms with Crippen LogP contribution in [-0.2, 0) is 14.3 Å². The summed E-state index contributed by atoms with van der Waals surface area (Å²) in [6.07, 6.45) is 0.568. The van der Waals surface area contributed by atoms with Crippen molar-refractivity contribution in [3.05, 3.63) is 64.7 Å². The third-order valence-electron chi connectivity index (χ3n) is 5.46. The summed E-state index contributed by atoms with van der Waals surface area (Å²) in [4.78, 5) is 27.4. The molecule has 1 aliphatic heterocycles. The van der Waals surface area contributed by atoms with Gasteiger partial charge in [-0.2, -0.15) is 0 Å². The molecule has 0 bridgehead atoms. The van der Waals surface area contributed by atoms with Gasteiger partial charge in [0.1, 0.15) is 17.3 Å². The number of aliphatic hydroxyl groups is 1. The summed E-state index contributed by atoms with van der Waals surface area (Å²) in [5.41, 5.74) is 2.05. The van der Waals surface area contributed by atoms with E-state index in [2.05, 4.69) is 0 Å². The minimum atomic E-state index is -0.704. The second-order valence-corrected chi connectivity index (χ2v) is 7.53. The number of likely N-dealkylation sites (tertiary alicyclic amines) is 1. The molecule has 7 nitrogen and oxygen atoms in total. The van der Waals surface area contributed by atoms with Crippen molar-refractivity contribution >= 4 is 17.4 Å². The van der Waals surface area contributed by atoms with E-state index < -0.39 is 17.7 Å². The number of carbonyl (C=O) groups is 2. The first-order chi connectivity index (χ1) is 15.4. The topological polar surface area (TPSA) is 85.3 Å². The van der Waals surface area contributed by atoms with Crippen LogP contribution in [0.3, 0.4) is 0 Å². The second kappa shape index (κ2) is 10.3.